The van der Waals surface area contributed by atoms with E-state index < -0.39 is 40.2 Å². The zero-order valence-electron chi connectivity index (χ0n) is 27.8. The standard InChI is InChI=1S/C36H50N2O4Si2/c1-35(2,3)42-34(39)37-32(33(25-26-43(7,8)9)38(40)27-29-19-13-10-14-20-29)28-41-44(36(4,5)6,30-21-15-11-16-22-30)31-23-17-12-18-24-31/h10-24,32-33,40H,27-28H2,1-9H3,(H,37,39)/t32-,33+/m0/s1. The third-order valence-electron chi connectivity index (χ3n) is 7.08. The number of benzene rings is 3. The predicted molar refractivity (Wildman–Crippen MR) is 185 cm³/mol. The lowest BCUT2D eigenvalue weighted by atomic mass is 10.1. The molecule has 2 N–H and O–H groups in total. The van der Waals surface area contributed by atoms with Crippen molar-refractivity contribution in [2.24, 2.45) is 0 Å². The largest absolute Gasteiger partial charge is 0.444 e. The van der Waals surface area contributed by atoms with E-state index in [0.29, 0.717) is 0 Å². The minimum atomic E-state index is -2.96. The van der Waals surface area contributed by atoms with Crippen molar-refractivity contribution in [3.63, 3.8) is 0 Å². The number of hydroxylamine groups is 2. The fourth-order valence-electron chi connectivity index (χ4n) is 5.19. The Balaban J connectivity index is 2.14. The molecule has 236 valence electrons. The molecule has 3 rings (SSSR count). The third kappa shape index (κ3) is 9.91. The summed E-state index contributed by atoms with van der Waals surface area (Å²) in [4.78, 5) is 13.3. The Labute approximate surface area is 266 Å². The molecule has 1 amide bonds. The summed E-state index contributed by atoms with van der Waals surface area (Å²) in [5, 5.41) is 17.9. The van der Waals surface area contributed by atoms with E-state index in [1.54, 1.807) is 0 Å². The molecule has 0 aromatic heterocycles. The van der Waals surface area contributed by atoms with Crippen LogP contribution in [-0.2, 0) is 15.7 Å². The van der Waals surface area contributed by atoms with Crippen LogP contribution in [0.4, 0.5) is 4.79 Å². The lowest BCUT2D eigenvalue weighted by Gasteiger charge is -2.44. The summed E-state index contributed by atoms with van der Waals surface area (Å²) in [7, 11) is -4.81. The molecule has 3 aromatic rings. The molecule has 2 atom stereocenters. The molecule has 0 aliphatic heterocycles. The summed E-state index contributed by atoms with van der Waals surface area (Å²) in [6, 6.07) is 29.0. The molecule has 0 fully saturated rings. The molecule has 0 aliphatic carbocycles. The number of nitrogens with zero attached hydrogens (tertiary/aromatic N) is 1. The highest BCUT2D eigenvalue weighted by Crippen LogP contribution is 2.37. The smallest absolute Gasteiger partial charge is 0.408 e. The van der Waals surface area contributed by atoms with Gasteiger partial charge in [0.25, 0.3) is 8.32 Å². The van der Waals surface area contributed by atoms with Crippen LogP contribution < -0.4 is 15.7 Å². The van der Waals surface area contributed by atoms with E-state index >= 15 is 0 Å². The van der Waals surface area contributed by atoms with Gasteiger partial charge in [-0.2, -0.15) is 5.06 Å². The van der Waals surface area contributed by atoms with Gasteiger partial charge in [0.1, 0.15) is 19.7 Å². The van der Waals surface area contributed by atoms with Gasteiger partial charge >= 0.3 is 6.09 Å². The molecule has 0 heterocycles. The number of rotatable bonds is 10. The number of hydrogen-bond acceptors (Lipinski definition) is 5. The minimum absolute atomic E-state index is 0.115. The Morgan fingerprint density at radius 3 is 1.75 bits per heavy atom. The van der Waals surface area contributed by atoms with Crippen molar-refractivity contribution in [1.82, 2.24) is 10.4 Å². The van der Waals surface area contributed by atoms with Gasteiger partial charge in [0.2, 0.25) is 0 Å². The molecule has 0 saturated heterocycles. The third-order valence-corrected chi connectivity index (χ3v) is 13.0. The maximum Gasteiger partial charge on any atom is 0.408 e. The summed E-state index contributed by atoms with van der Waals surface area (Å²) in [5.41, 5.74) is 3.66. The topological polar surface area (TPSA) is 71.0 Å². The van der Waals surface area contributed by atoms with Crippen LogP contribution in [0.2, 0.25) is 24.7 Å². The lowest BCUT2D eigenvalue weighted by molar-refractivity contribution is -0.129. The van der Waals surface area contributed by atoms with Crippen LogP contribution >= 0.6 is 0 Å². The SMILES string of the molecule is CC(C)(C)OC(=O)N[C@@H](CO[Si](c1ccccc1)(c1ccccc1)C(C)(C)C)[C@@H](C#C[Si](C)(C)C)N(O)Cc1ccccc1. The van der Waals surface area contributed by atoms with Gasteiger partial charge in [-0.15, -0.1) is 5.54 Å². The molecular formula is C36H50N2O4Si2. The number of ether oxygens (including phenoxy) is 1. The highest BCUT2D eigenvalue weighted by molar-refractivity contribution is 6.99. The van der Waals surface area contributed by atoms with Crippen LogP contribution in [-0.4, -0.2) is 57.0 Å². The fraction of sp³-hybridized carbons (Fsp3) is 0.417. The van der Waals surface area contributed by atoms with Crippen LogP contribution in [0.25, 0.3) is 0 Å². The van der Waals surface area contributed by atoms with E-state index in [2.05, 4.69) is 81.5 Å². The highest BCUT2D eigenvalue weighted by Gasteiger charge is 2.51. The normalized spacial score (nSPS) is 13.9. The Kier molecular flexibility index (Phi) is 11.8. The molecule has 0 aliphatic rings. The molecule has 44 heavy (non-hydrogen) atoms. The number of carbonyl (C=O) groups excluding carboxylic acids is 1. The van der Waals surface area contributed by atoms with Gasteiger partial charge < -0.3 is 19.7 Å². The molecule has 8 heteroatoms. The van der Waals surface area contributed by atoms with Gasteiger partial charge in [0.15, 0.2) is 0 Å². The molecular weight excluding hydrogens is 581 g/mol. The second-order valence-electron chi connectivity index (χ2n) is 14.3. The van der Waals surface area contributed by atoms with Gasteiger partial charge in [0.05, 0.1) is 19.2 Å². The molecule has 3 aromatic carbocycles. The Morgan fingerprint density at radius 2 is 1.32 bits per heavy atom. The van der Waals surface area contributed by atoms with Crippen LogP contribution in [0, 0.1) is 11.5 Å². The zero-order chi connectivity index (χ0) is 32.6. The molecule has 0 spiro atoms. The number of alkyl carbamates (subject to hydrolysis) is 1. The average Bonchev–Trinajstić information content (AvgIpc) is 2.92. The molecule has 0 bridgehead atoms. The van der Waals surface area contributed by atoms with Crippen molar-refractivity contribution >= 4 is 32.9 Å². The van der Waals surface area contributed by atoms with Gasteiger partial charge in [-0.25, -0.2) is 4.79 Å². The molecule has 0 unspecified atom stereocenters. The van der Waals surface area contributed by atoms with Gasteiger partial charge in [-0.05, 0) is 41.7 Å². The van der Waals surface area contributed by atoms with E-state index in [0.717, 1.165) is 15.9 Å². The molecule has 6 nitrogen and oxygen atoms in total. The first-order valence-corrected chi connectivity index (χ1v) is 20.7. The lowest BCUT2D eigenvalue weighted by Crippen LogP contribution is -2.68. The van der Waals surface area contributed by atoms with Crippen LogP contribution in [0.1, 0.15) is 47.1 Å². The van der Waals surface area contributed by atoms with Crippen molar-refractivity contribution in [1.29, 1.82) is 0 Å². The number of amides is 1. The Bertz CT molecular complexity index is 1350. The van der Waals surface area contributed by atoms with Crippen molar-refractivity contribution in [2.45, 2.75) is 90.5 Å². The quantitative estimate of drug-likeness (QED) is 0.150. The first-order valence-electron chi connectivity index (χ1n) is 15.3. The summed E-state index contributed by atoms with van der Waals surface area (Å²) < 4.78 is 12.9. The maximum atomic E-state index is 13.3. The highest BCUT2D eigenvalue weighted by atomic mass is 28.4. The average molecular weight is 631 g/mol. The summed E-state index contributed by atoms with van der Waals surface area (Å²) in [6.07, 6.45) is -0.582. The summed E-state index contributed by atoms with van der Waals surface area (Å²) >= 11 is 0. The van der Waals surface area contributed by atoms with E-state index in [4.69, 9.17) is 9.16 Å². The Hall–Kier alpha value is -3.20. The van der Waals surface area contributed by atoms with Crippen molar-refractivity contribution in [3.8, 4) is 11.5 Å². The molecule has 0 saturated carbocycles. The Morgan fingerprint density at radius 1 is 0.841 bits per heavy atom. The van der Waals surface area contributed by atoms with Gasteiger partial charge in [0, 0.05) is 0 Å². The van der Waals surface area contributed by atoms with E-state index in [1.807, 2.05) is 87.5 Å². The predicted octanol–water partition coefficient (Wildman–Crippen LogP) is 6.60. The number of carbonyl (C=O) groups is 1. The van der Waals surface area contributed by atoms with Crippen LogP contribution in [0.15, 0.2) is 91.0 Å². The second kappa shape index (κ2) is 14.7. The number of hydrogen-bond donors (Lipinski definition) is 2. The zero-order valence-corrected chi connectivity index (χ0v) is 29.8. The first kappa shape index (κ1) is 35.3. The summed E-state index contributed by atoms with van der Waals surface area (Å²) in [5.74, 6) is 3.36. The first-order chi connectivity index (χ1) is 20.5. The van der Waals surface area contributed by atoms with E-state index in [9.17, 15) is 10.0 Å². The summed E-state index contributed by atoms with van der Waals surface area (Å²) in [6.45, 7) is 19.0. The minimum Gasteiger partial charge on any atom is -0.444 e. The van der Waals surface area contributed by atoms with E-state index in [-0.39, 0.29) is 18.2 Å². The fourth-order valence-corrected chi connectivity index (χ4v) is 10.4. The van der Waals surface area contributed by atoms with Crippen LogP contribution in [0.3, 0.4) is 0 Å². The van der Waals surface area contributed by atoms with Gasteiger partial charge in [-0.3, -0.25) is 0 Å². The van der Waals surface area contributed by atoms with Crippen molar-refractivity contribution < 1.29 is 19.2 Å². The van der Waals surface area contributed by atoms with Crippen molar-refractivity contribution in [2.75, 3.05) is 6.61 Å². The monoisotopic (exact) mass is 630 g/mol. The second-order valence-corrected chi connectivity index (χ2v) is 23.3. The number of nitrogens with one attached hydrogen (secondary N) is 1. The van der Waals surface area contributed by atoms with Crippen LogP contribution in [0.5, 0.6) is 0 Å². The van der Waals surface area contributed by atoms with Crippen molar-refractivity contribution in [3.05, 3.63) is 96.6 Å². The molecule has 0 radical (unpaired) electrons. The van der Waals surface area contributed by atoms with E-state index in [1.165, 1.54) is 5.06 Å². The maximum absolute atomic E-state index is 13.3. The van der Waals surface area contributed by atoms with Gasteiger partial charge in [-0.1, -0.05) is 137 Å².